The van der Waals surface area contributed by atoms with Gasteiger partial charge >= 0.3 is 35.6 Å². The molecule has 1 aliphatic heterocycles. The molecule has 0 aliphatic carbocycles. The minimum absolute atomic E-state index is 0.0489. The van der Waals surface area contributed by atoms with E-state index in [4.69, 9.17) is 39.3 Å². The molecule has 186 valence electrons. The summed E-state index contributed by atoms with van der Waals surface area (Å²) >= 11 is -0.556. The summed E-state index contributed by atoms with van der Waals surface area (Å²) in [5.74, 6) is 0. The third-order valence-electron chi connectivity index (χ3n) is 4.26. The van der Waals surface area contributed by atoms with Crippen LogP contribution in [0.25, 0.3) is 12.2 Å². The standard InChI is InChI=1S/C10H11NO3.C10H13NO.C4H8O.2ClH.Ti/c1-8-4-5-9(3-2-6-12)10(7-8)11(13)14;1-8-4-5-9(3-2-6-12)10(11)7-8;1-2-4-5-3-1;;;/h2-5,7,12H,6H2,1H3;2-5,7,12H,6,11H2,1H3;1-4H2;2*1H;/q;;;;;+2/p-2/b2*3-2+;;;;. The molecule has 2 aromatic carbocycles. The summed E-state index contributed by atoms with van der Waals surface area (Å²) in [7, 11) is 9.78. The fraction of sp³-hybridized carbons (Fsp3) is 0.333. The number of rotatable bonds is 5. The van der Waals surface area contributed by atoms with Crippen LogP contribution in [0.4, 0.5) is 11.4 Å². The molecule has 0 atom stereocenters. The van der Waals surface area contributed by atoms with Gasteiger partial charge in [0.25, 0.3) is 5.69 Å². The first-order chi connectivity index (χ1) is 16.3. The Balaban J connectivity index is 0.000000489. The third kappa shape index (κ3) is 15.2. The van der Waals surface area contributed by atoms with Gasteiger partial charge in [0.05, 0.1) is 23.7 Å². The molecule has 0 aromatic heterocycles. The van der Waals surface area contributed by atoms with Gasteiger partial charge in [0.1, 0.15) is 0 Å². The molecule has 1 fully saturated rings. The van der Waals surface area contributed by atoms with Gasteiger partial charge in [0.2, 0.25) is 0 Å². The van der Waals surface area contributed by atoms with Crippen molar-refractivity contribution in [2.45, 2.75) is 26.7 Å². The summed E-state index contributed by atoms with van der Waals surface area (Å²) in [6.07, 6.45) is 9.05. The molecule has 1 heterocycles. The Kier molecular flexibility index (Phi) is 19.6. The molecule has 0 amide bonds. The van der Waals surface area contributed by atoms with E-state index in [1.807, 2.05) is 31.2 Å². The van der Waals surface area contributed by atoms with Gasteiger partial charge in [-0.05, 0) is 61.6 Å². The third-order valence-corrected chi connectivity index (χ3v) is 4.26. The zero-order valence-electron chi connectivity index (χ0n) is 19.4. The molecule has 7 nitrogen and oxygen atoms in total. The van der Waals surface area contributed by atoms with E-state index in [2.05, 4.69) is 0 Å². The second-order valence-corrected chi connectivity index (χ2v) is 9.59. The van der Waals surface area contributed by atoms with Gasteiger partial charge in [-0.25, -0.2) is 0 Å². The van der Waals surface area contributed by atoms with Crippen LogP contribution in [0.15, 0.2) is 48.6 Å². The summed E-state index contributed by atoms with van der Waals surface area (Å²) in [6.45, 7) is 5.72. The molecule has 10 heteroatoms. The number of nitrogen functional groups attached to an aromatic ring is 1. The van der Waals surface area contributed by atoms with Gasteiger partial charge in [-0.3, -0.25) is 10.1 Å². The van der Waals surface area contributed by atoms with Crippen LogP contribution >= 0.6 is 18.6 Å². The molecule has 34 heavy (non-hydrogen) atoms. The van der Waals surface area contributed by atoms with Crippen molar-refractivity contribution in [1.29, 1.82) is 0 Å². The zero-order chi connectivity index (χ0) is 25.8. The summed E-state index contributed by atoms with van der Waals surface area (Å²) in [5, 5.41) is 27.7. The van der Waals surface area contributed by atoms with Gasteiger partial charge in [-0.1, -0.05) is 36.4 Å². The number of benzene rings is 2. The molecule has 3 rings (SSSR count). The number of aryl methyl sites for hydroxylation is 2. The molecule has 1 saturated heterocycles. The normalized spacial score (nSPS) is 12.2. The molecule has 0 bridgehead atoms. The Morgan fingerprint density at radius 1 is 1.00 bits per heavy atom. The zero-order valence-corrected chi connectivity index (χ0v) is 22.5. The molecule has 0 spiro atoms. The number of ether oxygens (including phenoxy) is 1. The first kappa shape index (κ1) is 32.3. The fourth-order valence-electron chi connectivity index (χ4n) is 2.67. The molecule has 0 radical (unpaired) electrons. The van der Waals surface area contributed by atoms with E-state index in [1.165, 1.54) is 31.1 Å². The van der Waals surface area contributed by atoms with E-state index in [-0.39, 0.29) is 18.9 Å². The van der Waals surface area contributed by atoms with Crippen molar-refractivity contribution in [2.75, 3.05) is 32.2 Å². The first-order valence-electron chi connectivity index (χ1n) is 10.5. The van der Waals surface area contributed by atoms with E-state index >= 15 is 0 Å². The van der Waals surface area contributed by atoms with E-state index < -0.39 is 22.0 Å². The van der Waals surface area contributed by atoms with E-state index in [0.29, 0.717) is 5.56 Å². The average molecular weight is 547 g/mol. The van der Waals surface area contributed by atoms with Crippen LogP contribution < -0.4 is 5.73 Å². The number of hydrogen-bond acceptors (Lipinski definition) is 6. The quantitative estimate of drug-likeness (QED) is 0.192. The Labute approximate surface area is 218 Å². The van der Waals surface area contributed by atoms with Gasteiger partial charge in [0.15, 0.2) is 0 Å². The number of hydrogen-bond donors (Lipinski definition) is 3. The van der Waals surface area contributed by atoms with Crippen LogP contribution in [0.1, 0.15) is 35.1 Å². The Morgan fingerprint density at radius 2 is 1.47 bits per heavy atom. The second-order valence-electron chi connectivity index (χ2n) is 7.01. The summed E-state index contributed by atoms with van der Waals surface area (Å²) < 4.78 is 4.94. The van der Waals surface area contributed by atoms with Crippen molar-refractivity contribution in [3.63, 3.8) is 0 Å². The van der Waals surface area contributed by atoms with Gasteiger partial charge in [0, 0.05) is 25.0 Å². The van der Waals surface area contributed by atoms with E-state index in [1.54, 1.807) is 25.1 Å². The number of anilines is 1. The average Bonchev–Trinajstić information content (AvgIpc) is 3.39. The van der Waals surface area contributed by atoms with Crippen molar-refractivity contribution >= 4 is 42.1 Å². The van der Waals surface area contributed by atoms with Crippen molar-refractivity contribution < 1.29 is 36.9 Å². The van der Waals surface area contributed by atoms with Crippen molar-refractivity contribution in [3.05, 3.63) is 80.9 Å². The number of halogens is 2. The van der Waals surface area contributed by atoms with E-state index in [0.717, 1.165) is 35.6 Å². The van der Waals surface area contributed by atoms with Crippen molar-refractivity contribution in [1.82, 2.24) is 0 Å². The maximum atomic E-state index is 10.6. The topological polar surface area (TPSA) is 119 Å². The fourth-order valence-corrected chi connectivity index (χ4v) is 2.67. The Morgan fingerprint density at radius 3 is 1.88 bits per heavy atom. The van der Waals surface area contributed by atoms with Gasteiger partial charge < -0.3 is 20.7 Å². The number of nitro groups is 1. The molecular formula is C24H32Cl2N2O5Ti. The number of aliphatic hydroxyl groups is 2. The molecule has 1 aliphatic rings. The molecule has 0 saturated carbocycles. The summed E-state index contributed by atoms with van der Waals surface area (Å²) in [6, 6.07) is 10.8. The Hall–Kier alpha value is -1.71. The van der Waals surface area contributed by atoms with Gasteiger partial charge in [-0.2, -0.15) is 0 Å². The minimum atomic E-state index is -0.556. The molecule has 2 aromatic rings. The monoisotopic (exact) mass is 546 g/mol. The first-order valence-corrected chi connectivity index (χ1v) is 14.8. The maximum absolute atomic E-state index is 10.6. The van der Waals surface area contributed by atoms with E-state index in [9.17, 15) is 10.1 Å². The molecular weight excluding hydrogens is 515 g/mol. The van der Waals surface area contributed by atoms with Crippen LogP contribution in [-0.2, 0) is 21.8 Å². The predicted molar refractivity (Wildman–Crippen MR) is 137 cm³/mol. The van der Waals surface area contributed by atoms with Crippen molar-refractivity contribution in [2.24, 2.45) is 0 Å². The number of nitro benzene ring substituents is 1. The molecule has 4 N–H and O–H groups in total. The second kappa shape index (κ2) is 20.6. The number of nitrogens with zero attached hydrogens (tertiary/aromatic N) is 1. The van der Waals surface area contributed by atoms with Gasteiger partial charge in [-0.15, -0.1) is 0 Å². The SMILES string of the molecule is C1CCOC1.Cc1ccc(/C=C/CO)c(N)c1.Cc1ccc(/C=C/CO)c([N+](=O)[O-])c1.[Cl][Ti][Cl]. The van der Waals surface area contributed by atoms with Crippen LogP contribution in [-0.4, -0.2) is 41.6 Å². The predicted octanol–water partition coefficient (Wildman–Crippen LogP) is 5.66. The summed E-state index contributed by atoms with van der Waals surface area (Å²) in [4.78, 5) is 10.2. The summed E-state index contributed by atoms with van der Waals surface area (Å²) in [5.41, 5.74) is 10.00. The van der Waals surface area contributed by atoms with Crippen LogP contribution in [0.3, 0.4) is 0 Å². The van der Waals surface area contributed by atoms with Crippen LogP contribution in [0.2, 0.25) is 0 Å². The van der Waals surface area contributed by atoms with Crippen LogP contribution in [0.5, 0.6) is 0 Å². The molecule has 0 unspecified atom stereocenters. The van der Waals surface area contributed by atoms with Crippen LogP contribution in [0, 0.1) is 24.0 Å². The van der Waals surface area contributed by atoms with Crippen molar-refractivity contribution in [3.8, 4) is 0 Å². The Bertz CT molecular complexity index is 899. The number of aliphatic hydroxyl groups excluding tert-OH is 2. The number of nitrogens with two attached hydrogens (primary N) is 1.